The second kappa shape index (κ2) is 1.83. The van der Waals surface area contributed by atoms with Crippen LogP contribution in [0.25, 0.3) is 0 Å². The second-order valence-electron chi connectivity index (χ2n) is 3.07. The van der Waals surface area contributed by atoms with E-state index in [0.717, 1.165) is 0 Å². The predicted molar refractivity (Wildman–Crippen MR) is 44.2 cm³/mol. The standard InChI is InChI=1S/C8H11NS/c1-6-2-3-7(10-6)8(9)4-5-8/h2-3H,4-5,9H2,1H3. The first-order chi connectivity index (χ1) is 4.71. The Morgan fingerprint density at radius 2 is 2.20 bits per heavy atom. The van der Waals surface area contributed by atoms with Crippen LogP contribution in [0, 0.1) is 6.92 Å². The van der Waals surface area contributed by atoms with Crippen LogP contribution >= 0.6 is 11.3 Å². The minimum absolute atomic E-state index is 0.0823. The highest BCUT2D eigenvalue weighted by molar-refractivity contribution is 7.12. The van der Waals surface area contributed by atoms with Gasteiger partial charge in [-0.2, -0.15) is 0 Å². The van der Waals surface area contributed by atoms with Gasteiger partial charge in [-0.15, -0.1) is 11.3 Å². The van der Waals surface area contributed by atoms with Crippen LogP contribution in [-0.4, -0.2) is 0 Å². The lowest BCUT2D eigenvalue weighted by Gasteiger charge is -2.02. The summed E-state index contributed by atoms with van der Waals surface area (Å²) < 4.78 is 0. The summed E-state index contributed by atoms with van der Waals surface area (Å²) in [6, 6.07) is 4.31. The zero-order valence-electron chi connectivity index (χ0n) is 6.05. The van der Waals surface area contributed by atoms with E-state index in [-0.39, 0.29) is 5.54 Å². The van der Waals surface area contributed by atoms with Gasteiger partial charge in [-0.3, -0.25) is 0 Å². The molecule has 0 amide bonds. The van der Waals surface area contributed by atoms with E-state index in [1.54, 1.807) is 0 Å². The normalized spacial score (nSPS) is 21.0. The van der Waals surface area contributed by atoms with Gasteiger partial charge in [0.25, 0.3) is 0 Å². The van der Waals surface area contributed by atoms with Crippen molar-refractivity contribution in [1.82, 2.24) is 0 Å². The summed E-state index contributed by atoms with van der Waals surface area (Å²) in [6.45, 7) is 2.12. The lowest BCUT2D eigenvalue weighted by Crippen LogP contribution is -2.16. The van der Waals surface area contributed by atoms with Gasteiger partial charge in [-0.1, -0.05) is 0 Å². The maximum Gasteiger partial charge on any atom is 0.0505 e. The van der Waals surface area contributed by atoms with E-state index in [4.69, 9.17) is 5.73 Å². The molecule has 0 radical (unpaired) electrons. The maximum atomic E-state index is 5.99. The molecule has 1 aromatic heterocycles. The molecule has 0 unspecified atom stereocenters. The van der Waals surface area contributed by atoms with Crippen molar-refractivity contribution in [2.24, 2.45) is 5.73 Å². The van der Waals surface area contributed by atoms with Crippen molar-refractivity contribution >= 4 is 11.3 Å². The van der Waals surface area contributed by atoms with Gasteiger partial charge in [0.2, 0.25) is 0 Å². The van der Waals surface area contributed by atoms with Gasteiger partial charge in [-0.25, -0.2) is 0 Å². The van der Waals surface area contributed by atoms with E-state index in [1.807, 2.05) is 11.3 Å². The van der Waals surface area contributed by atoms with Gasteiger partial charge in [0.15, 0.2) is 0 Å². The number of thiophene rings is 1. The summed E-state index contributed by atoms with van der Waals surface area (Å²) in [7, 11) is 0. The molecule has 0 atom stereocenters. The summed E-state index contributed by atoms with van der Waals surface area (Å²) in [5.74, 6) is 0. The molecule has 0 aromatic carbocycles. The Balaban J connectivity index is 2.34. The highest BCUT2D eigenvalue weighted by atomic mass is 32.1. The Hall–Kier alpha value is -0.340. The van der Waals surface area contributed by atoms with Gasteiger partial charge in [0.1, 0.15) is 0 Å². The molecule has 0 aliphatic heterocycles. The van der Waals surface area contributed by atoms with Crippen LogP contribution in [0.1, 0.15) is 22.6 Å². The van der Waals surface area contributed by atoms with Crippen molar-refractivity contribution in [2.45, 2.75) is 25.3 Å². The van der Waals surface area contributed by atoms with E-state index >= 15 is 0 Å². The minimum Gasteiger partial charge on any atom is -0.321 e. The maximum absolute atomic E-state index is 5.99. The van der Waals surface area contributed by atoms with Gasteiger partial charge in [-0.05, 0) is 31.9 Å². The van der Waals surface area contributed by atoms with Crippen LogP contribution in [0.3, 0.4) is 0 Å². The molecule has 1 aliphatic rings. The SMILES string of the molecule is Cc1ccc(C2(N)CC2)s1. The van der Waals surface area contributed by atoms with E-state index in [0.29, 0.717) is 0 Å². The third-order valence-electron chi connectivity index (χ3n) is 2.02. The molecule has 1 nitrogen and oxygen atoms in total. The summed E-state index contributed by atoms with van der Waals surface area (Å²) >= 11 is 1.83. The van der Waals surface area contributed by atoms with Crippen molar-refractivity contribution in [3.8, 4) is 0 Å². The highest BCUT2D eigenvalue weighted by Gasteiger charge is 2.40. The molecule has 2 N–H and O–H groups in total. The third kappa shape index (κ3) is 0.879. The Bertz CT molecular complexity index is 248. The molecule has 1 aromatic rings. The van der Waals surface area contributed by atoms with Crippen LogP contribution in [0.4, 0.5) is 0 Å². The molecule has 1 aliphatic carbocycles. The van der Waals surface area contributed by atoms with Crippen molar-refractivity contribution in [3.63, 3.8) is 0 Å². The molecule has 10 heavy (non-hydrogen) atoms. The Labute approximate surface area is 64.9 Å². The zero-order valence-corrected chi connectivity index (χ0v) is 6.87. The third-order valence-corrected chi connectivity index (χ3v) is 3.24. The van der Waals surface area contributed by atoms with Crippen molar-refractivity contribution in [3.05, 3.63) is 21.9 Å². The molecular formula is C8H11NS. The van der Waals surface area contributed by atoms with E-state index < -0.39 is 0 Å². The minimum atomic E-state index is 0.0823. The quantitative estimate of drug-likeness (QED) is 0.656. The van der Waals surface area contributed by atoms with E-state index in [9.17, 15) is 0 Å². The Kier molecular flexibility index (Phi) is 1.17. The van der Waals surface area contributed by atoms with Crippen LogP contribution in [-0.2, 0) is 5.54 Å². The monoisotopic (exact) mass is 153 g/mol. The van der Waals surface area contributed by atoms with Gasteiger partial charge < -0.3 is 5.73 Å². The first-order valence-electron chi connectivity index (χ1n) is 3.56. The molecule has 1 heterocycles. The first-order valence-corrected chi connectivity index (χ1v) is 4.38. The number of hydrogen-bond donors (Lipinski definition) is 1. The van der Waals surface area contributed by atoms with Crippen LogP contribution in [0.5, 0.6) is 0 Å². The van der Waals surface area contributed by atoms with Gasteiger partial charge in [0, 0.05) is 9.75 Å². The predicted octanol–water partition coefficient (Wildman–Crippen LogP) is 2.00. The molecule has 2 heteroatoms. The Morgan fingerprint density at radius 1 is 1.50 bits per heavy atom. The molecular weight excluding hydrogens is 142 g/mol. The fourth-order valence-corrected chi connectivity index (χ4v) is 2.11. The first kappa shape index (κ1) is 6.38. The van der Waals surface area contributed by atoms with E-state index in [1.165, 1.54) is 22.6 Å². The summed E-state index contributed by atoms with van der Waals surface area (Å²) in [5, 5.41) is 0. The smallest absolute Gasteiger partial charge is 0.0505 e. The fraction of sp³-hybridized carbons (Fsp3) is 0.500. The lowest BCUT2D eigenvalue weighted by molar-refractivity contribution is 0.759. The van der Waals surface area contributed by atoms with Crippen molar-refractivity contribution in [2.75, 3.05) is 0 Å². The molecule has 2 rings (SSSR count). The largest absolute Gasteiger partial charge is 0.321 e. The van der Waals surface area contributed by atoms with Crippen LogP contribution in [0.15, 0.2) is 12.1 Å². The fourth-order valence-electron chi connectivity index (χ4n) is 1.08. The summed E-state index contributed by atoms with van der Waals surface area (Å²) in [5.41, 5.74) is 6.07. The van der Waals surface area contributed by atoms with E-state index in [2.05, 4.69) is 19.1 Å². The van der Waals surface area contributed by atoms with Crippen molar-refractivity contribution < 1.29 is 0 Å². The molecule has 0 saturated heterocycles. The number of aryl methyl sites for hydroxylation is 1. The van der Waals surface area contributed by atoms with Crippen LogP contribution < -0.4 is 5.73 Å². The van der Waals surface area contributed by atoms with Crippen LogP contribution in [0.2, 0.25) is 0 Å². The topological polar surface area (TPSA) is 26.0 Å². The number of hydrogen-bond acceptors (Lipinski definition) is 2. The average molecular weight is 153 g/mol. The zero-order chi connectivity index (χ0) is 7.19. The van der Waals surface area contributed by atoms with Gasteiger partial charge >= 0.3 is 0 Å². The molecule has 1 saturated carbocycles. The number of nitrogens with two attached hydrogens (primary N) is 1. The average Bonchev–Trinajstić information content (AvgIpc) is 2.45. The van der Waals surface area contributed by atoms with Gasteiger partial charge in [0.05, 0.1) is 5.54 Å². The lowest BCUT2D eigenvalue weighted by atomic mass is 10.2. The second-order valence-corrected chi connectivity index (χ2v) is 4.35. The molecule has 0 spiro atoms. The summed E-state index contributed by atoms with van der Waals surface area (Å²) in [6.07, 6.45) is 2.35. The highest BCUT2D eigenvalue weighted by Crippen LogP contribution is 2.45. The van der Waals surface area contributed by atoms with Crippen molar-refractivity contribution in [1.29, 1.82) is 0 Å². The molecule has 0 bridgehead atoms. The summed E-state index contributed by atoms with van der Waals surface area (Å²) in [4.78, 5) is 2.73. The molecule has 54 valence electrons. The number of rotatable bonds is 1. The molecule has 1 fully saturated rings. The Morgan fingerprint density at radius 3 is 2.60 bits per heavy atom.